The van der Waals surface area contributed by atoms with Crippen molar-refractivity contribution < 1.29 is 15.0 Å². The Hall–Kier alpha value is -0.880. The maximum atomic E-state index is 10.4. The Kier molecular flexibility index (Phi) is 14.1. The molecule has 0 aromatic carbocycles. The number of hydrogen-bond acceptors (Lipinski definition) is 3. The van der Waals surface area contributed by atoms with Crippen molar-refractivity contribution >= 4 is 23.3 Å². The number of hydrogen-bond donors (Lipinski definition) is 3. The average Bonchev–Trinajstić information content (AvgIpc) is 2.48. The second kappa shape index (κ2) is 14.7. The first kappa shape index (κ1) is 22.1. The minimum Gasteiger partial charge on any atom is -0.481 e. The van der Waals surface area contributed by atoms with Crippen LogP contribution in [0.3, 0.4) is 0 Å². The number of aliphatic carboxylic acids is 1. The molecular formula is C17H34N2O3S. The number of unbranched alkanes of at least 4 members (excludes halogenated alkanes) is 5. The molecule has 0 bridgehead atoms. The topological polar surface area (TPSA) is 86.8 Å². The molecule has 0 radical (unpaired) electrons. The SMILES string of the molecule is CCCCC[C@@H](O)CCCN(CCCCCCC(=O)O)C(N)=S. The summed E-state index contributed by atoms with van der Waals surface area (Å²) in [6, 6.07) is 0. The van der Waals surface area contributed by atoms with Gasteiger partial charge in [-0.3, -0.25) is 4.79 Å². The van der Waals surface area contributed by atoms with E-state index < -0.39 is 5.97 Å². The van der Waals surface area contributed by atoms with Gasteiger partial charge in [-0.15, -0.1) is 0 Å². The molecule has 0 unspecified atom stereocenters. The molecular weight excluding hydrogens is 312 g/mol. The fourth-order valence-electron chi connectivity index (χ4n) is 2.56. The summed E-state index contributed by atoms with van der Waals surface area (Å²) in [5.74, 6) is -0.729. The van der Waals surface area contributed by atoms with Crippen LogP contribution in [0.15, 0.2) is 0 Å². The molecule has 23 heavy (non-hydrogen) atoms. The lowest BCUT2D eigenvalue weighted by Crippen LogP contribution is -2.37. The Morgan fingerprint density at radius 2 is 1.65 bits per heavy atom. The molecule has 0 fully saturated rings. The number of carboxylic acids is 1. The molecule has 5 nitrogen and oxygen atoms in total. The molecule has 0 aromatic heterocycles. The molecule has 0 amide bonds. The molecule has 0 aliphatic rings. The highest BCUT2D eigenvalue weighted by molar-refractivity contribution is 7.80. The van der Waals surface area contributed by atoms with E-state index in [-0.39, 0.29) is 12.5 Å². The van der Waals surface area contributed by atoms with E-state index in [1.54, 1.807) is 0 Å². The number of nitrogens with two attached hydrogens (primary N) is 1. The lowest BCUT2D eigenvalue weighted by Gasteiger charge is -2.23. The van der Waals surface area contributed by atoms with Gasteiger partial charge in [-0.25, -0.2) is 0 Å². The van der Waals surface area contributed by atoms with E-state index in [9.17, 15) is 9.90 Å². The van der Waals surface area contributed by atoms with Crippen molar-refractivity contribution in [3.63, 3.8) is 0 Å². The monoisotopic (exact) mass is 346 g/mol. The lowest BCUT2D eigenvalue weighted by atomic mass is 10.1. The van der Waals surface area contributed by atoms with Crippen LogP contribution in [-0.4, -0.2) is 45.4 Å². The Bertz CT molecular complexity index is 327. The normalized spacial score (nSPS) is 12.1. The van der Waals surface area contributed by atoms with Crippen LogP contribution in [0.25, 0.3) is 0 Å². The van der Waals surface area contributed by atoms with E-state index in [4.69, 9.17) is 23.1 Å². The molecule has 1 atom stereocenters. The van der Waals surface area contributed by atoms with E-state index in [2.05, 4.69) is 6.92 Å². The Morgan fingerprint density at radius 3 is 2.26 bits per heavy atom. The van der Waals surface area contributed by atoms with Crippen LogP contribution in [0.4, 0.5) is 0 Å². The predicted molar refractivity (Wildman–Crippen MR) is 98.5 cm³/mol. The summed E-state index contributed by atoms with van der Waals surface area (Å²) in [6.07, 6.45) is 9.65. The van der Waals surface area contributed by atoms with Crippen molar-refractivity contribution in [3.8, 4) is 0 Å². The quantitative estimate of drug-likeness (QED) is 0.311. The summed E-state index contributed by atoms with van der Waals surface area (Å²) in [5.41, 5.74) is 5.75. The van der Waals surface area contributed by atoms with E-state index in [1.165, 1.54) is 12.8 Å². The van der Waals surface area contributed by atoms with Crippen molar-refractivity contribution in [1.82, 2.24) is 4.90 Å². The van der Waals surface area contributed by atoms with E-state index in [0.29, 0.717) is 5.11 Å². The Labute approximate surface area is 146 Å². The first-order valence-corrected chi connectivity index (χ1v) is 9.32. The van der Waals surface area contributed by atoms with Crippen LogP contribution in [0.1, 0.15) is 77.6 Å². The highest BCUT2D eigenvalue weighted by Crippen LogP contribution is 2.10. The van der Waals surface area contributed by atoms with Gasteiger partial charge in [0.15, 0.2) is 5.11 Å². The van der Waals surface area contributed by atoms with Crippen LogP contribution >= 0.6 is 12.2 Å². The fourth-order valence-corrected chi connectivity index (χ4v) is 2.74. The standard InChI is InChI=1S/C17H34N2O3S/c1-2-3-6-10-15(20)11-9-14-19(17(18)23)13-8-5-4-7-12-16(21)22/h15,20H,2-14H2,1H3,(H2,18,23)(H,21,22)/t15-/m1/s1. The van der Waals surface area contributed by atoms with Gasteiger partial charge in [0, 0.05) is 19.5 Å². The number of nitrogens with zero attached hydrogens (tertiary/aromatic N) is 1. The summed E-state index contributed by atoms with van der Waals surface area (Å²) in [7, 11) is 0. The van der Waals surface area contributed by atoms with Crippen molar-refractivity contribution in [1.29, 1.82) is 0 Å². The highest BCUT2D eigenvalue weighted by Gasteiger charge is 2.09. The van der Waals surface area contributed by atoms with Crippen molar-refractivity contribution in [2.24, 2.45) is 5.73 Å². The summed E-state index contributed by atoms with van der Waals surface area (Å²) >= 11 is 5.08. The molecule has 0 saturated heterocycles. The van der Waals surface area contributed by atoms with Crippen LogP contribution in [-0.2, 0) is 4.79 Å². The summed E-state index contributed by atoms with van der Waals surface area (Å²) in [4.78, 5) is 12.4. The van der Waals surface area contributed by atoms with Crippen molar-refractivity contribution in [2.75, 3.05) is 13.1 Å². The molecule has 4 N–H and O–H groups in total. The van der Waals surface area contributed by atoms with Gasteiger partial charge >= 0.3 is 5.97 Å². The molecule has 6 heteroatoms. The number of thiocarbonyl (C=S) groups is 1. The van der Waals surface area contributed by atoms with Gasteiger partial charge in [0.25, 0.3) is 0 Å². The van der Waals surface area contributed by atoms with E-state index in [1.807, 2.05) is 4.90 Å². The molecule has 0 heterocycles. The van der Waals surface area contributed by atoms with Crippen LogP contribution in [0, 0.1) is 0 Å². The van der Waals surface area contributed by atoms with Crippen molar-refractivity contribution in [3.05, 3.63) is 0 Å². The molecule has 0 aliphatic heterocycles. The average molecular weight is 347 g/mol. The third-order valence-electron chi connectivity index (χ3n) is 3.99. The lowest BCUT2D eigenvalue weighted by molar-refractivity contribution is -0.137. The number of aliphatic hydroxyl groups excluding tert-OH is 1. The number of carboxylic acid groups (broad SMARTS) is 1. The van der Waals surface area contributed by atoms with Crippen LogP contribution in [0.5, 0.6) is 0 Å². The largest absolute Gasteiger partial charge is 0.481 e. The van der Waals surface area contributed by atoms with E-state index in [0.717, 1.165) is 64.5 Å². The Morgan fingerprint density at radius 1 is 1.04 bits per heavy atom. The predicted octanol–water partition coefficient (Wildman–Crippen LogP) is 3.29. The summed E-state index contributed by atoms with van der Waals surface area (Å²) in [6.45, 7) is 3.76. The van der Waals surface area contributed by atoms with Gasteiger partial charge in [0.05, 0.1) is 6.10 Å². The molecule has 0 spiro atoms. The van der Waals surface area contributed by atoms with Crippen LogP contribution in [0.2, 0.25) is 0 Å². The van der Waals surface area contributed by atoms with Crippen LogP contribution < -0.4 is 5.73 Å². The second-order valence-electron chi connectivity index (χ2n) is 6.18. The smallest absolute Gasteiger partial charge is 0.303 e. The first-order valence-electron chi connectivity index (χ1n) is 8.91. The van der Waals surface area contributed by atoms with Crippen molar-refractivity contribution in [2.45, 2.75) is 83.7 Å². The molecule has 136 valence electrons. The summed E-state index contributed by atoms with van der Waals surface area (Å²) < 4.78 is 0. The number of rotatable bonds is 15. The zero-order valence-electron chi connectivity index (χ0n) is 14.5. The zero-order chi connectivity index (χ0) is 17.5. The molecule has 0 aliphatic carbocycles. The second-order valence-corrected chi connectivity index (χ2v) is 6.59. The number of aliphatic hydroxyl groups is 1. The van der Waals surface area contributed by atoms with Gasteiger partial charge in [-0.05, 0) is 44.3 Å². The summed E-state index contributed by atoms with van der Waals surface area (Å²) in [5, 5.41) is 18.9. The van der Waals surface area contributed by atoms with Gasteiger partial charge < -0.3 is 20.8 Å². The van der Waals surface area contributed by atoms with E-state index >= 15 is 0 Å². The third kappa shape index (κ3) is 14.4. The maximum Gasteiger partial charge on any atom is 0.303 e. The zero-order valence-corrected chi connectivity index (χ0v) is 15.3. The third-order valence-corrected chi connectivity index (χ3v) is 4.24. The van der Waals surface area contributed by atoms with Gasteiger partial charge in [-0.1, -0.05) is 39.0 Å². The highest BCUT2D eigenvalue weighted by atomic mass is 32.1. The fraction of sp³-hybridized carbons (Fsp3) is 0.882. The minimum absolute atomic E-state index is 0.217. The minimum atomic E-state index is -0.729. The Balaban J connectivity index is 3.73. The molecule has 0 saturated carbocycles. The molecule has 0 rings (SSSR count). The maximum absolute atomic E-state index is 10.4. The first-order chi connectivity index (χ1) is 11.0. The van der Waals surface area contributed by atoms with Gasteiger partial charge in [0.1, 0.15) is 0 Å². The van der Waals surface area contributed by atoms with Gasteiger partial charge in [-0.2, -0.15) is 0 Å². The van der Waals surface area contributed by atoms with Gasteiger partial charge in [0.2, 0.25) is 0 Å². The number of carbonyl (C=O) groups is 1. The molecule has 0 aromatic rings.